The lowest BCUT2D eigenvalue weighted by Crippen LogP contribution is -2.51. The monoisotopic (exact) mass is 525 g/mol. The zero-order chi connectivity index (χ0) is 26.1. The number of nitrogens with zero attached hydrogens (tertiary/aromatic N) is 2. The van der Waals surface area contributed by atoms with Gasteiger partial charge in [-0.25, -0.2) is 0 Å². The average molecular weight is 526 g/mol. The first-order valence-electron chi connectivity index (χ1n) is 15.1. The van der Waals surface area contributed by atoms with Crippen LogP contribution in [0.2, 0.25) is 0 Å². The highest BCUT2D eigenvalue weighted by molar-refractivity contribution is 6.09. The first-order valence-corrected chi connectivity index (χ1v) is 15.1. The van der Waals surface area contributed by atoms with Gasteiger partial charge in [-0.05, 0) is 94.3 Å². The number of ether oxygens (including phenoxy) is 1. The standard InChI is InChI=1S/C29H39N3O6/c33-25(30-14-19-4-3-11-38-19)20(32-28(36)23-17-8-9-18(13-17)24(23)29(32)37)5-1-2-10-31-26(34)21-15-6-7-16(12-15)22(21)27(31)35/h15-24H,1-14H2,(H,30,33)/t15-,16-,17-,18-,19-,20-,21-,22+,23-,24+/m0/s1. The molecule has 1 N–H and O–H groups in total. The summed E-state index contributed by atoms with van der Waals surface area (Å²) in [7, 11) is 0. The van der Waals surface area contributed by atoms with E-state index in [1.165, 1.54) is 9.80 Å². The van der Waals surface area contributed by atoms with Crippen molar-refractivity contribution in [1.82, 2.24) is 15.1 Å². The predicted molar refractivity (Wildman–Crippen MR) is 134 cm³/mol. The van der Waals surface area contributed by atoms with E-state index in [9.17, 15) is 24.0 Å². The molecule has 10 atom stereocenters. The summed E-state index contributed by atoms with van der Waals surface area (Å²) >= 11 is 0. The Balaban J connectivity index is 1.01. The number of hydrogen-bond donors (Lipinski definition) is 1. The molecule has 0 aromatic rings. The first kappa shape index (κ1) is 24.7. The van der Waals surface area contributed by atoms with Crippen LogP contribution in [0.1, 0.15) is 70.6 Å². The van der Waals surface area contributed by atoms with E-state index in [4.69, 9.17) is 4.74 Å². The van der Waals surface area contributed by atoms with Crippen molar-refractivity contribution in [2.24, 2.45) is 47.3 Å². The minimum Gasteiger partial charge on any atom is -0.376 e. The second kappa shape index (κ2) is 9.42. The summed E-state index contributed by atoms with van der Waals surface area (Å²) in [6.07, 6.45) is 9.38. The van der Waals surface area contributed by atoms with Gasteiger partial charge in [0.05, 0.1) is 29.8 Å². The van der Waals surface area contributed by atoms with Crippen molar-refractivity contribution in [3.05, 3.63) is 0 Å². The molecule has 7 fully saturated rings. The van der Waals surface area contributed by atoms with Gasteiger partial charge in [0.2, 0.25) is 29.5 Å². The van der Waals surface area contributed by atoms with E-state index in [1.807, 2.05) is 0 Å². The van der Waals surface area contributed by atoms with Crippen LogP contribution in [0.25, 0.3) is 0 Å². The Morgan fingerprint density at radius 3 is 1.87 bits per heavy atom. The quantitative estimate of drug-likeness (QED) is 0.363. The molecule has 0 radical (unpaired) electrons. The minimum absolute atomic E-state index is 0.00810. The van der Waals surface area contributed by atoms with Crippen LogP contribution in [0.4, 0.5) is 0 Å². The molecule has 7 rings (SSSR count). The molecule has 4 bridgehead atoms. The molecular formula is C29H39N3O6. The van der Waals surface area contributed by atoms with Gasteiger partial charge in [-0.15, -0.1) is 0 Å². The molecule has 7 aliphatic rings. The van der Waals surface area contributed by atoms with Gasteiger partial charge in [0.15, 0.2) is 0 Å². The fourth-order valence-corrected chi connectivity index (χ4v) is 9.55. The number of nitrogens with one attached hydrogen (secondary N) is 1. The van der Waals surface area contributed by atoms with Crippen molar-refractivity contribution in [3.8, 4) is 0 Å². The average Bonchev–Trinajstić information content (AvgIpc) is 3.76. The number of imide groups is 2. The Kier molecular flexibility index (Phi) is 6.13. The highest BCUT2D eigenvalue weighted by atomic mass is 16.5. The zero-order valence-corrected chi connectivity index (χ0v) is 22.0. The van der Waals surface area contributed by atoms with Crippen molar-refractivity contribution >= 4 is 29.5 Å². The lowest BCUT2D eigenvalue weighted by molar-refractivity contribution is -0.149. The number of carbonyl (C=O) groups is 5. The Hall–Kier alpha value is -2.29. The second-order valence-corrected chi connectivity index (χ2v) is 13.0. The molecule has 3 aliphatic heterocycles. The van der Waals surface area contributed by atoms with Crippen LogP contribution in [0.15, 0.2) is 0 Å². The minimum atomic E-state index is -0.846. The van der Waals surface area contributed by atoms with Crippen LogP contribution in [-0.2, 0) is 28.7 Å². The largest absolute Gasteiger partial charge is 0.376 e. The maximum atomic E-state index is 13.5. The molecule has 9 nitrogen and oxygen atoms in total. The summed E-state index contributed by atoms with van der Waals surface area (Å²) in [5, 5.41) is 2.96. The van der Waals surface area contributed by atoms with Gasteiger partial charge < -0.3 is 10.1 Å². The molecule has 0 spiro atoms. The SMILES string of the molecule is O=C(NC[C@@H]1CCCO1)[C@H](CCCCN1C(=O)[C@@H]2[C@H]3CC[C@@H](C3)[C@@H]2C1=O)N1C(=O)[C@@H]2[C@H]3CC[C@@H](C3)[C@@H]2C1=O. The number of amides is 5. The Bertz CT molecular complexity index is 999. The third-order valence-corrected chi connectivity index (χ3v) is 11.2. The van der Waals surface area contributed by atoms with Crippen molar-refractivity contribution in [2.75, 3.05) is 19.7 Å². The van der Waals surface area contributed by atoms with Crippen LogP contribution in [0, 0.1) is 47.3 Å². The van der Waals surface area contributed by atoms with E-state index < -0.39 is 6.04 Å². The molecule has 0 aromatic heterocycles. The molecule has 0 aromatic carbocycles. The number of likely N-dealkylation sites (tertiary alicyclic amines) is 2. The van der Waals surface area contributed by atoms with Gasteiger partial charge in [-0.2, -0.15) is 0 Å². The van der Waals surface area contributed by atoms with Gasteiger partial charge in [-0.3, -0.25) is 33.8 Å². The molecule has 3 heterocycles. The predicted octanol–water partition coefficient (Wildman–Crippen LogP) is 1.88. The van der Waals surface area contributed by atoms with Gasteiger partial charge in [0.1, 0.15) is 6.04 Å². The van der Waals surface area contributed by atoms with E-state index >= 15 is 0 Å². The molecule has 38 heavy (non-hydrogen) atoms. The van der Waals surface area contributed by atoms with Crippen molar-refractivity contribution in [3.63, 3.8) is 0 Å². The third kappa shape index (κ3) is 3.70. The summed E-state index contributed by atoms with van der Waals surface area (Å²) in [4.78, 5) is 69.2. The molecule has 0 unspecified atom stereocenters. The second-order valence-electron chi connectivity index (χ2n) is 13.0. The summed E-state index contributed by atoms with van der Waals surface area (Å²) < 4.78 is 5.64. The van der Waals surface area contributed by atoms with Crippen molar-refractivity contribution < 1.29 is 28.7 Å². The fraction of sp³-hybridized carbons (Fsp3) is 0.828. The van der Waals surface area contributed by atoms with Gasteiger partial charge >= 0.3 is 0 Å². The summed E-state index contributed by atoms with van der Waals surface area (Å²) in [5.74, 6) is -0.140. The lowest BCUT2D eigenvalue weighted by atomic mass is 9.81. The van der Waals surface area contributed by atoms with Crippen LogP contribution < -0.4 is 5.32 Å². The summed E-state index contributed by atoms with van der Waals surface area (Å²) in [5.41, 5.74) is 0. The third-order valence-electron chi connectivity index (χ3n) is 11.2. The van der Waals surface area contributed by atoms with Gasteiger partial charge in [0, 0.05) is 19.7 Å². The normalized spacial score (nSPS) is 41.5. The van der Waals surface area contributed by atoms with E-state index in [2.05, 4.69) is 5.32 Å². The first-order chi connectivity index (χ1) is 18.4. The van der Waals surface area contributed by atoms with E-state index in [1.54, 1.807) is 0 Å². The van der Waals surface area contributed by atoms with Crippen LogP contribution in [-0.4, -0.2) is 71.2 Å². The zero-order valence-electron chi connectivity index (χ0n) is 22.0. The highest BCUT2D eigenvalue weighted by Gasteiger charge is 2.63. The number of hydrogen-bond acceptors (Lipinski definition) is 6. The molecule has 4 saturated carbocycles. The molecule has 9 heteroatoms. The van der Waals surface area contributed by atoms with E-state index in [0.717, 1.165) is 51.4 Å². The smallest absolute Gasteiger partial charge is 0.243 e. The van der Waals surface area contributed by atoms with Crippen LogP contribution >= 0.6 is 0 Å². The van der Waals surface area contributed by atoms with Crippen molar-refractivity contribution in [1.29, 1.82) is 0 Å². The number of fused-ring (bicyclic) bond motifs is 10. The summed E-state index contributed by atoms with van der Waals surface area (Å²) in [6, 6.07) is -0.846. The van der Waals surface area contributed by atoms with E-state index in [-0.39, 0.29) is 71.1 Å². The number of carbonyl (C=O) groups excluding carboxylic acids is 5. The maximum Gasteiger partial charge on any atom is 0.243 e. The summed E-state index contributed by atoms with van der Waals surface area (Å²) in [6.45, 7) is 1.42. The molecule has 3 saturated heterocycles. The van der Waals surface area contributed by atoms with Gasteiger partial charge in [0.25, 0.3) is 0 Å². The lowest BCUT2D eigenvalue weighted by Gasteiger charge is -2.28. The highest BCUT2D eigenvalue weighted by Crippen LogP contribution is 2.57. The van der Waals surface area contributed by atoms with E-state index in [0.29, 0.717) is 50.8 Å². The Morgan fingerprint density at radius 1 is 0.789 bits per heavy atom. The van der Waals surface area contributed by atoms with Gasteiger partial charge in [-0.1, -0.05) is 0 Å². The van der Waals surface area contributed by atoms with Crippen LogP contribution in [0.3, 0.4) is 0 Å². The Labute approximate surface area is 223 Å². The molecule has 4 aliphatic carbocycles. The molecule has 206 valence electrons. The topological polar surface area (TPSA) is 113 Å². The molecule has 5 amide bonds. The maximum absolute atomic E-state index is 13.5. The molecular weight excluding hydrogens is 486 g/mol. The number of unbranched alkanes of at least 4 members (excludes halogenated alkanes) is 1. The van der Waals surface area contributed by atoms with Crippen LogP contribution in [0.5, 0.6) is 0 Å². The fourth-order valence-electron chi connectivity index (χ4n) is 9.55. The number of rotatable bonds is 9. The van der Waals surface area contributed by atoms with Crippen molar-refractivity contribution in [2.45, 2.75) is 82.8 Å². The Morgan fingerprint density at radius 2 is 1.34 bits per heavy atom.